The zero-order valence-electron chi connectivity index (χ0n) is 13.4. The van der Waals surface area contributed by atoms with Crippen molar-refractivity contribution in [3.63, 3.8) is 0 Å². The average Bonchev–Trinajstić information content (AvgIpc) is 3.05. The van der Waals surface area contributed by atoms with Crippen molar-refractivity contribution in [3.05, 3.63) is 75.3 Å². The van der Waals surface area contributed by atoms with Crippen LogP contribution in [0.15, 0.2) is 42.5 Å². The molecule has 1 aliphatic rings. The van der Waals surface area contributed by atoms with Crippen LogP contribution in [0.25, 0.3) is 0 Å². The Kier molecular flexibility index (Phi) is 6.23. The van der Waals surface area contributed by atoms with Crippen molar-refractivity contribution in [2.24, 2.45) is 0 Å². The molecule has 1 fully saturated rings. The van der Waals surface area contributed by atoms with Gasteiger partial charge < -0.3 is 10.1 Å². The van der Waals surface area contributed by atoms with E-state index in [1.165, 1.54) is 24.3 Å². The lowest BCUT2D eigenvalue weighted by atomic mass is 10.0. The molecule has 0 bridgehead atoms. The predicted octanol–water partition coefficient (Wildman–Crippen LogP) is 3.55. The van der Waals surface area contributed by atoms with Crippen LogP contribution in [-0.2, 0) is 4.74 Å². The SMILES string of the molecule is Cl.O=C(O[C@@H]1CN[C@@H](c2cc(F)ccc2F)C1)c1ccc([N+](=O)[O-])cc1. The summed E-state index contributed by atoms with van der Waals surface area (Å²) in [5.74, 6) is -1.69. The Bertz CT molecular complexity index is 817. The Morgan fingerprint density at radius 2 is 1.88 bits per heavy atom. The van der Waals surface area contributed by atoms with Gasteiger partial charge in [-0.2, -0.15) is 0 Å². The maximum atomic E-state index is 13.8. The van der Waals surface area contributed by atoms with Gasteiger partial charge in [-0.05, 0) is 30.3 Å². The lowest BCUT2D eigenvalue weighted by Gasteiger charge is -2.13. The highest BCUT2D eigenvalue weighted by atomic mass is 35.5. The standard InChI is InChI=1S/C17H14F2N2O4.ClH/c18-11-3-6-15(19)14(7-11)16-8-13(9-20-16)25-17(22)10-1-4-12(5-2-10)21(23)24;/h1-7,13,16,20H,8-9H2;1H/t13-,16+;/m0./s1. The summed E-state index contributed by atoms with van der Waals surface area (Å²) in [5, 5.41) is 13.6. The first-order chi connectivity index (χ1) is 11.9. The van der Waals surface area contributed by atoms with Crippen LogP contribution in [0.3, 0.4) is 0 Å². The zero-order valence-corrected chi connectivity index (χ0v) is 14.2. The molecule has 2 atom stereocenters. The minimum atomic E-state index is -0.623. The van der Waals surface area contributed by atoms with Crippen molar-refractivity contribution in [2.45, 2.75) is 18.6 Å². The van der Waals surface area contributed by atoms with Crippen LogP contribution in [0.1, 0.15) is 28.4 Å². The molecule has 0 spiro atoms. The number of halogens is 3. The van der Waals surface area contributed by atoms with E-state index in [1.807, 2.05) is 0 Å². The molecule has 1 aliphatic heterocycles. The van der Waals surface area contributed by atoms with Crippen molar-refractivity contribution in [1.29, 1.82) is 0 Å². The van der Waals surface area contributed by atoms with Gasteiger partial charge >= 0.3 is 5.97 Å². The summed E-state index contributed by atoms with van der Waals surface area (Å²) in [4.78, 5) is 22.1. The molecule has 1 saturated heterocycles. The summed E-state index contributed by atoms with van der Waals surface area (Å²) >= 11 is 0. The van der Waals surface area contributed by atoms with Gasteiger partial charge in [-0.25, -0.2) is 13.6 Å². The van der Waals surface area contributed by atoms with Crippen LogP contribution < -0.4 is 5.32 Å². The van der Waals surface area contributed by atoms with Gasteiger partial charge in [-0.3, -0.25) is 10.1 Å². The van der Waals surface area contributed by atoms with Gasteiger partial charge in [0.25, 0.3) is 5.69 Å². The summed E-state index contributed by atoms with van der Waals surface area (Å²) < 4.78 is 32.4. The molecule has 26 heavy (non-hydrogen) atoms. The van der Waals surface area contributed by atoms with Crippen LogP contribution >= 0.6 is 12.4 Å². The lowest BCUT2D eigenvalue weighted by molar-refractivity contribution is -0.384. The Hall–Kier alpha value is -2.58. The van der Waals surface area contributed by atoms with Crippen LogP contribution in [0.5, 0.6) is 0 Å². The van der Waals surface area contributed by atoms with Crippen molar-refractivity contribution < 1.29 is 23.2 Å². The zero-order chi connectivity index (χ0) is 18.0. The number of rotatable bonds is 4. The number of ether oxygens (including phenoxy) is 1. The van der Waals surface area contributed by atoms with Crippen LogP contribution in [-0.4, -0.2) is 23.5 Å². The first-order valence-corrected chi connectivity index (χ1v) is 7.58. The highest BCUT2D eigenvalue weighted by molar-refractivity contribution is 5.89. The highest BCUT2D eigenvalue weighted by Crippen LogP contribution is 2.28. The molecule has 0 aliphatic carbocycles. The van der Waals surface area contributed by atoms with Crippen LogP contribution in [0.4, 0.5) is 14.5 Å². The summed E-state index contributed by atoms with van der Waals surface area (Å²) in [5.41, 5.74) is 0.251. The first-order valence-electron chi connectivity index (χ1n) is 7.58. The smallest absolute Gasteiger partial charge is 0.338 e. The molecule has 0 saturated carbocycles. The van der Waals surface area contributed by atoms with Gasteiger partial charge in [0.2, 0.25) is 0 Å². The van der Waals surface area contributed by atoms with Crippen molar-refractivity contribution in [3.8, 4) is 0 Å². The van der Waals surface area contributed by atoms with Crippen molar-refractivity contribution in [2.75, 3.05) is 6.54 Å². The minimum absolute atomic E-state index is 0. The number of carbonyl (C=O) groups excluding carboxylic acids is 1. The third kappa shape index (κ3) is 4.33. The fourth-order valence-electron chi connectivity index (χ4n) is 2.75. The number of nitrogens with zero attached hydrogens (tertiary/aromatic N) is 1. The summed E-state index contributed by atoms with van der Waals surface area (Å²) in [6.07, 6.45) is -0.200. The number of hydrogen-bond donors (Lipinski definition) is 1. The highest BCUT2D eigenvalue weighted by Gasteiger charge is 2.30. The normalized spacial score (nSPS) is 18.8. The number of nitro benzene ring substituents is 1. The number of non-ortho nitro benzene ring substituents is 1. The first kappa shape index (κ1) is 19.7. The van der Waals surface area contributed by atoms with Gasteiger partial charge in [0.05, 0.1) is 10.5 Å². The molecule has 0 unspecified atom stereocenters. The molecule has 0 aromatic heterocycles. The molecule has 9 heteroatoms. The van der Waals surface area contributed by atoms with Crippen LogP contribution in [0.2, 0.25) is 0 Å². The summed E-state index contributed by atoms with van der Waals surface area (Å²) in [6, 6.07) is 7.82. The summed E-state index contributed by atoms with van der Waals surface area (Å²) in [6.45, 7) is 0.305. The second-order valence-electron chi connectivity index (χ2n) is 5.69. The molecule has 6 nitrogen and oxygen atoms in total. The molecular weight excluding hydrogens is 370 g/mol. The van der Waals surface area contributed by atoms with Gasteiger partial charge in [0.1, 0.15) is 17.7 Å². The average molecular weight is 385 g/mol. The topological polar surface area (TPSA) is 81.5 Å². The molecule has 2 aromatic rings. The van der Waals surface area contributed by atoms with E-state index in [4.69, 9.17) is 4.74 Å². The van der Waals surface area contributed by atoms with E-state index in [-0.39, 0.29) is 29.2 Å². The Balaban J connectivity index is 0.00000243. The largest absolute Gasteiger partial charge is 0.457 e. The van der Waals surface area contributed by atoms with Crippen LogP contribution in [0, 0.1) is 21.7 Å². The van der Waals surface area contributed by atoms with Gasteiger partial charge in [-0.15, -0.1) is 12.4 Å². The maximum absolute atomic E-state index is 13.8. The van der Waals surface area contributed by atoms with E-state index in [0.29, 0.717) is 13.0 Å². The monoisotopic (exact) mass is 384 g/mol. The fourth-order valence-corrected chi connectivity index (χ4v) is 2.75. The van der Waals surface area contributed by atoms with Gasteiger partial charge in [-0.1, -0.05) is 0 Å². The molecule has 138 valence electrons. The quantitative estimate of drug-likeness (QED) is 0.495. The number of carbonyl (C=O) groups is 1. The molecule has 1 heterocycles. The predicted molar refractivity (Wildman–Crippen MR) is 91.3 cm³/mol. The van der Waals surface area contributed by atoms with Gasteiger partial charge in [0, 0.05) is 36.7 Å². The third-order valence-corrected chi connectivity index (χ3v) is 4.01. The van der Waals surface area contributed by atoms with Crippen molar-refractivity contribution in [1.82, 2.24) is 5.32 Å². The summed E-state index contributed by atoms with van der Waals surface area (Å²) in [7, 11) is 0. The van der Waals surface area contributed by atoms with Gasteiger partial charge in [0.15, 0.2) is 0 Å². The van der Waals surface area contributed by atoms with Crippen molar-refractivity contribution >= 4 is 24.1 Å². The van der Waals surface area contributed by atoms with E-state index >= 15 is 0 Å². The molecule has 3 rings (SSSR count). The molecule has 0 amide bonds. The third-order valence-electron chi connectivity index (χ3n) is 4.01. The fraction of sp³-hybridized carbons (Fsp3) is 0.235. The van der Waals surface area contributed by atoms with E-state index in [1.54, 1.807) is 0 Å². The van der Waals surface area contributed by atoms with E-state index in [0.717, 1.165) is 18.2 Å². The molecule has 2 aromatic carbocycles. The lowest BCUT2D eigenvalue weighted by Crippen LogP contribution is -2.21. The maximum Gasteiger partial charge on any atom is 0.338 e. The second kappa shape index (κ2) is 8.20. The van der Waals surface area contributed by atoms with E-state index in [9.17, 15) is 23.7 Å². The number of esters is 1. The molecular formula is C17H15ClF2N2O4. The Morgan fingerprint density at radius 3 is 2.54 bits per heavy atom. The number of nitro groups is 1. The minimum Gasteiger partial charge on any atom is -0.457 e. The second-order valence-corrected chi connectivity index (χ2v) is 5.69. The Morgan fingerprint density at radius 1 is 1.19 bits per heavy atom. The number of nitrogens with one attached hydrogen (secondary N) is 1. The molecule has 0 radical (unpaired) electrons. The number of benzene rings is 2. The number of hydrogen-bond acceptors (Lipinski definition) is 5. The van der Waals surface area contributed by atoms with E-state index < -0.39 is 34.7 Å². The van der Waals surface area contributed by atoms with E-state index in [2.05, 4.69) is 5.32 Å². The molecule has 1 N–H and O–H groups in total. The Labute approximate surface area is 153 Å².